The van der Waals surface area contributed by atoms with E-state index in [-0.39, 0.29) is 11.9 Å². The molecule has 0 radical (unpaired) electrons. The van der Waals surface area contributed by atoms with Crippen LogP contribution in [0.25, 0.3) is 0 Å². The average Bonchev–Trinajstić information content (AvgIpc) is 2.42. The lowest BCUT2D eigenvalue weighted by Crippen LogP contribution is -2.41. The second-order valence-corrected chi connectivity index (χ2v) is 4.29. The van der Waals surface area contributed by atoms with E-state index in [1.54, 1.807) is 30.0 Å². The molecule has 5 heteroatoms. The van der Waals surface area contributed by atoms with Crippen LogP contribution in [0.15, 0.2) is 18.2 Å². The van der Waals surface area contributed by atoms with Gasteiger partial charge in [-0.05, 0) is 39.0 Å². The van der Waals surface area contributed by atoms with Crippen LogP contribution in [0.3, 0.4) is 0 Å². The lowest BCUT2D eigenvalue weighted by Gasteiger charge is -2.24. The predicted molar refractivity (Wildman–Crippen MR) is 76.6 cm³/mol. The van der Waals surface area contributed by atoms with E-state index in [1.165, 1.54) is 0 Å². The van der Waals surface area contributed by atoms with Crippen LogP contribution in [0.4, 0.5) is 11.4 Å². The molecule has 0 aliphatic heterocycles. The maximum Gasteiger partial charge on any atom is 0.244 e. The summed E-state index contributed by atoms with van der Waals surface area (Å²) >= 11 is 0. The van der Waals surface area contributed by atoms with Gasteiger partial charge in [-0.1, -0.05) is 0 Å². The van der Waals surface area contributed by atoms with E-state index in [0.717, 1.165) is 0 Å². The van der Waals surface area contributed by atoms with E-state index in [2.05, 4.69) is 5.32 Å². The third-order valence-corrected chi connectivity index (χ3v) is 3.00. The highest BCUT2D eigenvalue weighted by Crippen LogP contribution is 2.20. The van der Waals surface area contributed by atoms with Crippen LogP contribution in [0.2, 0.25) is 0 Å². The number of nitriles is 1. The van der Waals surface area contributed by atoms with Gasteiger partial charge >= 0.3 is 0 Å². The van der Waals surface area contributed by atoms with Crippen LogP contribution in [0.1, 0.15) is 26.3 Å². The van der Waals surface area contributed by atoms with Gasteiger partial charge in [0.15, 0.2) is 0 Å². The van der Waals surface area contributed by atoms with Crippen molar-refractivity contribution in [3.63, 3.8) is 0 Å². The molecule has 3 N–H and O–H groups in total. The van der Waals surface area contributed by atoms with E-state index in [1.807, 2.05) is 19.9 Å². The van der Waals surface area contributed by atoms with E-state index in [4.69, 9.17) is 11.0 Å². The Balaban J connectivity index is 2.80. The van der Waals surface area contributed by atoms with Gasteiger partial charge in [-0.2, -0.15) is 5.26 Å². The summed E-state index contributed by atoms with van der Waals surface area (Å²) in [6, 6.07) is 6.66. The minimum atomic E-state index is -0.352. The van der Waals surface area contributed by atoms with Gasteiger partial charge in [0, 0.05) is 13.1 Å². The van der Waals surface area contributed by atoms with Crippen molar-refractivity contribution in [1.82, 2.24) is 4.90 Å². The van der Waals surface area contributed by atoms with E-state index in [9.17, 15) is 4.79 Å². The second kappa shape index (κ2) is 6.64. The minimum absolute atomic E-state index is 0.0359. The average molecular weight is 260 g/mol. The molecule has 0 saturated carbocycles. The number of carbonyl (C=O) groups excluding carboxylic acids is 1. The number of nitrogens with one attached hydrogen (secondary N) is 1. The van der Waals surface area contributed by atoms with Crippen molar-refractivity contribution >= 4 is 17.3 Å². The van der Waals surface area contributed by atoms with Gasteiger partial charge in [-0.25, -0.2) is 0 Å². The molecule has 1 aromatic carbocycles. The second-order valence-electron chi connectivity index (χ2n) is 4.29. The van der Waals surface area contributed by atoms with Gasteiger partial charge in [0.1, 0.15) is 6.04 Å². The summed E-state index contributed by atoms with van der Waals surface area (Å²) in [6.45, 7) is 7.07. The zero-order chi connectivity index (χ0) is 14.4. The first-order valence-corrected chi connectivity index (χ1v) is 6.38. The first-order chi connectivity index (χ1) is 9.03. The molecule has 1 amide bonds. The molecular weight excluding hydrogens is 240 g/mol. The Bertz CT molecular complexity index is 489. The van der Waals surface area contributed by atoms with Gasteiger partial charge in [-0.3, -0.25) is 4.79 Å². The molecule has 0 bridgehead atoms. The maximum absolute atomic E-state index is 12.1. The summed E-state index contributed by atoms with van der Waals surface area (Å²) in [5.41, 5.74) is 7.50. The van der Waals surface area contributed by atoms with Crippen LogP contribution in [0, 0.1) is 11.3 Å². The van der Waals surface area contributed by atoms with Crippen molar-refractivity contribution in [3.8, 4) is 6.07 Å². The number of carbonyl (C=O) groups is 1. The highest BCUT2D eigenvalue weighted by atomic mass is 16.2. The van der Waals surface area contributed by atoms with Gasteiger partial charge in [-0.15, -0.1) is 0 Å². The Morgan fingerprint density at radius 1 is 1.47 bits per heavy atom. The highest BCUT2D eigenvalue weighted by molar-refractivity contribution is 5.85. The lowest BCUT2D eigenvalue weighted by molar-refractivity contribution is -0.131. The number of benzene rings is 1. The van der Waals surface area contributed by atoms with Crippen molar-refractivity contribution < 1.29 is 4.79 Å². The first kappa shape index (κ1) is 14.8. The summed E-state index contributed by atoms with van der Waals surface area (Å²) in [5, 5.41) is 11.9. The smallest absolute Gasteiger partial charge is 0.244 e. The van der Waals surface area contributed by atoms with Gasteiger partial charge in [0.05, 0.1) is 23.0 Å². The number of anilines is 2. The Morgan fingerprint density at radius 3 is 2.58 bits per heavy atom. The van der Waals surface area contributed by atoms with E-state index < -0.39 is 0 Å². The molecule has 0 aliphatic rings. The molecule has 1 rings (SSSR count). The molecule has 0 aliphatic carbocycles. The lowest BCUT2D eigenvalue weighted by atomic mass is 10.1. The molecule has 5 nitrogen and oxygen atoms in total. The van der Waals surface area contributed by atoms with Gasteiger partial charge < -0.3 is 16.0 Å². The number of likely N-dealkylation sites (N-methyl/N-ethyl adjacent to an activating group) is 1. The first-order valence-electron chi connectivity index (χ1n) is 6.38. The summed E-state index contributed by atoms with van der Waals surface area (Å²) in [6.07, 6.45) is 0. The number of hydrogen-bond acceptors (Lipinski definition) is 4. The molecular formula is C14H20N4O. The minimum Gasteiger partial charge on any atom is -0.397 e. The monoisotopic (exact) mass is 260 g/mol. The van der Waals surface area contributed by atoms with E-state index >= 15 is 0 Å². The normalized spacial score (nSPS) is 11.5. The summed E-state index contributed by atoms with van der Waals surface area (Å²) in [4.78, 5) is 13.9. The molecule has 0 spiro atoms. The zero-order valence-electron chi connectivity index (χ0n) is 11.6. The quantitative estimate of drug-likeness (QED) is 0.791. The number of amides is 1. The fourth-order valence-electron chi connectivity index (χ4n) is 1.87. The van der Waals surface area contributed by atoms with Crippen LogP contribution >= 0.6 is 0 Å². The topological polar surface area (TPSA) is 82.2 Å². The Hall–Kier alpha value is -2.22. The number of rotatable bonds is 5. The molecule has 102 valence electrons. The molecule has 0 saturated heterocycles. The fraction of sp³-hybridized carbons (Fsp3) is 0.429. The van der Waals surface area contributed by atoms with Crippen LogP contribution in [-0.2, 0) is 4.79 Å². The molecule has 0 aromatic heterocycles. The van der Waals surface area contributed by atoms with Gasteiger partial charge in [0.2, 0.25) is 5.91 Å². The third kappa shape index (κ3) is 3.62. The van der Waals surface area contributed by atoms with Crippen molar-refractivity contribution in [2.75, 3.05) is 24.1 Å². The largest absolute Gasteiger partial charge is 0.397 e. The number of hydrogen-bond donors (Lipinski definition) is 2. The number of nitrogens with two attached hydrogens (primary N) is 1. The maximum atomic E-state index is 12.1. The summed E-state index contributed by atoms with van der Waals surface area (Å²) in [5.74, 6) is 0.0359. The Morgan fingerprint density at radius 2 is 2.11 bits per heavy atom. The summed E-state index contributed by atoms with van der Waals surface area (Å²) in [7, 11) is 0. The molecule has 0 heterocycles. The zero-order valence-corrected chi connectivity index (χ0v) is 11.6. The molecule has 1 unspecified atom stereocenters. The van der Waals surface area contributed by atoms with Gasteiger partial charge in [0.25, 0.3) is 0 Å². The van der Waals surface area contributed by atoms with Crippen LogP contribution < -0.4 is 11.1 Å². The van der Waals surface area contributed by atoms with Crippen molar-refractivity contribution in [2.24, 2.45) is 0 Å². The summed E-state index contributed by atoms with van der Waals surface area (Å²) < 4.78 is 0. The molecule has 19 heavy (non-hydrogen) atoms. The van der Waals surface area contributed by atoms with Crippen molar-refractivity contribution in [2.45, 2.75) is 26.8 Å². The fourth-order valence-corrected chi connectivity index (χ4v) is 1.87. The van der Waals surface area contributed by atoms with Crippen molar-refractivity contribution in [1.29, 1.82) is 5.26 Å². The predicted octanol–water partition coefficient (Wildman–Crippen LogP) is 1.81. The Labute approximate surface area is 114 Å². The van der Waals surface area contributed by atoms with Crippen LogP contribution in [-0.4, -0.2) is 29.9 Å². The number of nitrogen functional groups attached to an aromatic ring is 1. The van der Waals surface area contributed by atoms with E-state index in [0.29, 0.717) is 30.0 Å². The van der Waals surface area contributed by atoms with Crippen molar-refractivity contribution in [3.05, 3.63) is 23.8 Å². The standard InChI is InChI=1S/C14H20N4O/c1-4-18(5-2)14(19)10(3)17-13-7-6-11(9-15)8-12(13)16/h6-8,10,17H,4-5,16H2,1-3H3. The number of nitrogens with zero attached hydrogens (tertiary/aromatic N) is 2. The molecule has 1 atom stereocenters. The highest BCUT2D eigenvalue weighted by Gasteiger charge is 2.18. The molecule has 0 fully saturated rings. The van der Waals surface area contributed by atoms with Crippen LogP contribution in [0.5, 0.6) is 0 Å². The molecule has 1 aromatic rings. The third-order valence-electron chi connectivity index (χ3n) is 3.00. The SMILES string of the molecule is CCN(CC)C(=O)C(C)Nc1ccc(C#N)cc1N. The Kier molecular flexibility index (Phi) is 5.19.